The monoisotopic (exact) mass is 388 g/mol. The molecule has 0 saturated carbocycles. The molecule has 0 aliphatic heterocycles. The second-order valence-electron chi connectivity index (χ2n) is 6.72. The predicted molar refractivity (Wildman–Crippen MR) is 110 cm³/mol. The Labute approximate surface area is 162 Å². The standard InChI is InChI=1S/C21H28N2O3S/c1-18-9-6-13-20(17-18)23(27(2,25)26)16-8-14-21(24)22-15-7-12-19-10-4-3-5-11-19/h3-6,9-11,13,17H,7-8,12,14-16H2,1-2H3,(H,22,24). The van der Waals surface area contributed by atoms with E-state index in [0.717, 1.165) is 18.4 Å². The average Bonchev–Trinajstić information content (AvgIpc) is 2.62. The number of hydrogen-bond donors (Lipinski definition) is 1. The summed E-state index contributed by atoms with van der Waals surface area (Å²) in [5, 5.41) is 2.91. The third-order valence-corrected chi connectivity index (χ3v) is 5.46. The van der Waals surface area contributed by atoms with Crippen LogP contribution in [0.25, 0.3) is 0 Å². The summed E-state index contributed by atoms with van der Waals surface area (Å²) in [6.07, 6.45) is 3.79. The number of aryl methyl sites for hydroxylation is 2. The van der Waals surface area contributed by atoms with Gasteiger partial charge >= 0.3 is 0 Å². The first-order valence-electron chi connectivity index (χ1n) is 9.21. The first-order valence-corrected chi connectivity index (χ1v) is 11.1. The molecule has 0 radical (unpaired) electrons. The van der Waals surface area contributed by atoms with Crippen LogP contribution in [0.15, 0.2) is 54.6 Å². The maximum absolute atomic E-state index is 12.1. The maximum Gasteiger partial charge on any atom is 0.232 e. The average molecular weight is 389 g/mol. The molecule has 146 valence electrons. The second kappa shape index (κ2) is 10.1. The minimum absolute atomic E-state index is 0.0410. The Hall–Kier alpha value is -2.34. The van der Waals surface area contributed by atoms with E-state index < -0.39 is 10.0 Å². The van der Waals surface area contributed by atoms with Crippen LogP contribution in [0.5, 0.6) is 0 Å². The van der Waals surface area contributed by atoms with Crippen molar-refractivity contribution in [3.8, 4) is 0 Å². The summed E-state index contributed by atoms with van der Waals surface area (Å²) in [6.45, 7) is 2.84. The zero-order valence-corrected chi connectivity index (χ0v) is 16.8. The van der Waals surface area contributed by atoms with E-state index in [2.05, 4.69) is 17.4 Å². The van der Waals surface area contributed by atoms with Gasteiger partial charge in [-0.3, -0.25) is 9.10 Å². The summed E-state index contributed by atoms with van der Waals surface area (Å²) < 4.78 is 25.5. The van der Waals surface area contributed by atoms with Crippen molar-refractivity contribution in [2.75, 3.05) is 23.7 Å². The van der Waals surface area contributed by atoms with Crippen molar-refractivity contribution in [1.82, 2.24) is 5.32 Å². The topological polar surface area (TPSA) is 66.5 Å². The zero-order valence-electron chi connectivity index (χ0n) is 16.0. The summed E-state index contributed by atoms with van der Waals surface area (Å²) in [7, 11) is -3.38. The summed E-state index contributed by atoms with van der Waals surface area (Å²) in [5.74, 6) is -0.0410. The molecule has 6 heteroatoms. The fourth-order valence-electron chi connectivity index (χ4n) is 2.91. The molecule has 1 N–H and O–H groups in total. The van der Waals surface area contributed by atoms with Crippen LogP contribution in [0, 0.1) is 6.92 Å². The summed E-state index contributed by atoms with van der Waals surface area (Å²) in [5.41, 5.74) is 2.90. The first kappa shape index (κ1) is 21.0. The largest absolute Gasteiger partial charge is 0.356 e. The van der Waals surface area contributed by atoms with Crippen LogP contribution in [-0.2, 0) is 21.2 Å². The Morgan fingerprint density at radius 3 is 2.44 bits per heavy atom. The zero-order chi connectivity index (χ0) is 19.7. The van der Waals surface area contributed by atoms with Gasteiger partial charge < -0.3 is 5.32 Å². The highest BCUT2D eigenvalue weighted by Crippen LogP contribution is 2.19. The lowest BCUT2D eigenvalue weighted by Crippen LogP contribution is -2.32. The van der Waals surface area contributed by atoms with Crippen molar-refractivity contribution in [3.05, 3.63) is 65.7 Å². The number of hydrogen-bond acceptors (Lipinski definition) is 3. The van der Waals surface area contributed by atoms with Crippen LogP contribution in [0.2, 0.25) is 0 Å². The van der Waals surface area contributed by atoms with Gasteiger partial charge in [0.25, 0.3) is 0 Å². The number of nitrogens with zero attached hydrogens (tertiary/aromatic N) is 1. The van der Waals surface area contributed by atoms with Gasteiger partial charge in [-0.1, -0.05) is 42.5 Å². The van der Waals surface area contributed by atoms with E-state index in [1.54, 1.807) is 6.07 Å². The predicted octanol–water partition coefficient (Wildman–Crippen LogP) is 3.29. The van der Waals surface area contributed by atoms with Crippen molar-refractivity contribution in [2.24, 2.45) is 0 Å². The van der Waals surface area contributed by atoms with E-state index in [9.17, 15) is 13.2 Å². The lowest BCUT2D eigenvalue weighted by molar-refractivity contribution is -0.121. The van der Waals surface area contributed by atoms with Crippen molar-refractivity contribution in [2.45, 2.75) is 32.6 Å². The molecule has 0 bridgehead atoms. The molecule has 2 aromatic carbocycles. The lowest BCUT2D eigenvalue weighted by Gasteiger charge is -2.22. The number of nitrogens with one attached hydrogen (secondary N) is 1. The number of anilines is 1. The molecule has 0 spiro atoms. The lowest BCUT2D eigenvalue weighted by atomic mass is 10.1. The van der Waals surface area contributed by atoms with Gasteiger partial charge in [0.15, 0.2) is 0 Å². The minimum Gasteiger partial charge on any atom is -0.356 e. The Kier molecular flexibility index (Phi) is 7.85. The second-order valence-corrected chi connectivity index (χ2v) is 8.62. The molecule has 27 heavy (non-hydrogen) atoms. The SMILES string of the molecule is Cc1cccc(N(CCCC(=O)NCCCc2ccccc2)S(C)(=O)=O)c1. The van der Waals surface area contributed by atoms with Crippen LogP contribution in [0.1, 0.15) is 30.4 Å². The maximum atomic E-state index is 12.1. The highest BCUT2D eigenvalue weighted by molar-refractivity contribution is 7.92. The van der Waals surface area contributed by atoms with Crippen LogP contribution in [0.4, 0.5) is 5.69 Å². The molecule has 0 saturated heterocycles. The van der Waals surface area contributed by atoms with Crippen LogP contribution >= 0.6 is 0 Å². The Morgan fingerprint density at radius 1 is 1.04 bits per heavy atom. The Bertz CT molecular complexity index is 836. The van der Waals surface area contributed by atoms with E-state index in [-0.39, 0.29) is 5.91 Å². The Balaban J connectivity index is 1.75. The molecule has 1 amide bonds. The smallest absolute Gasteiger partial charge is 0.232 e. The molecule has 0 unspecified atom stereocenters. The van der Waals surface area contributed by atoms with Gasteiger partial charge in [-0.05, 0) is 49.4 Å². The number of carbonyl (C=O) groups is 1. The van der Waals surface area contributed by atoms with Crippen LogP contribution in [0.3, 0.4) is 0 Å². The number of sulfonamides is 1. The molecule has 2 aromatic rings. The highest BCUT2D eigenvalue weighted by atomic mass is 32.2. The molecular formula is C21H28N2O3S. The van der Waals surface area contributed by atoms with E-state index in [1.165, 1.54) is 16.1 Å². The molecule has 0 fully saturated rings. The highest BCUT2D eigenvalue weighted by Gasteiger charge is 2.17. The number of rotatable bonds is 10. The number of carbonyl (C=O) groups excluding carboxylic acids is 1. The van der Waals surface area contributed by atoms with E-state index in [0.29, 0.717) is 31.6 Å². The molecule has 5 nitrogen and oxygen atoms in total. The quantitative estimate of drug-likeness (QED) is 0.635. The molecular weight excluding hydrogens is 360 g/mol. The first-order chi connectivity index (χ1) is 12.9. The minimum atomic E-state index is -3.38. The van der Waals surface area contributed by atoms with Crippen molar-refractivity contribution in [1.29, 1.82) is 0 Å². The molecule has 0 atom stereocenters. The molecule has 0 aliphatic carbocycles. The van der Waals surface area contributed by atoms with E-state index in [4.69, 9.17) is 0 Å². The van der Waals surface area contributed by atoms with Gasteiger partial charge in [0.05, 0.1) is 11.9 Å². The molecule has 0 aliphatic rings. The fraction of sp³-hybridized carbons (Fsp3) is 0.381. The van der Waals surface area contributed by atoms with Crippen molar-refractivity contribution < 1.29 is 13.2 Å². The van der Waals surface area contributed by atoms with Gasteiger partial charge in [0.1, 0.15) is 0 Å². The van der Waals surface area contributed by atoms with Gasteiger partial charge in [0.2, 0.25) is 15.9 Å². The van der Waals surface area contributed by atoms with Gasteiger partial charge in [-0.2, -0.15) is 0 Å². The fourth-order valence-corrected chi connectivity index (χ4v) is 3.86. The number of amides is 1. The summed E-state index contributed by atoms with van der Waals surface area (Å²) in [6, 6.07) is 17.5. The van der Waals surface area contributed by atoms with Gasteiger partial charge in [-0.25, -0.2) is 8.42 Å². The third-order valence-electron chi connectivity index (χ3n) is 4.26. The molecule has 0 aromatic heterocycles. The molecule has 2 rings (SSSR count). The summed E-state index contributed by atoms with van der Waals surface area (Å²) in [4.78, 5) is 12.0. The van der Waals surface area contributed by atoms with Crippen LogP contribution in [-0.4, -0.2) is 33.7 Å². The Morgan fingerprint density at radius 2 is 1.78 bits per heavy atom. The van der Waals surface area contributed by atoms with Crippen molar-refractivity contribution >= 4 is 21.6 Å². The van der Waals surface area contributed by atoms with Gasteiger partial charge in [-0.15, -0.1) is 0 Å². The number of benzene rings is 2. The van der Waals surface area contributed by atoms with E-state index >= 15 is 0 Å². The summed E-state index contributed by atoms with van der Waals surface area (Å²) >= 11 is 0. The molecule has 0 heterocycles. The van der Waals surface area contributed by atoms with Crippen molar-refractivity contribution in [3.63, 3.8) is 0 Å². The van der Waals surface area contributed by atoms with Crippen LogP contribution < -0.4 is 9.62 Å². The van der Waals surface area contributed by atoms with Gasteiger partial charge in [0, 0.05) is 19.5 Å². The third kappa shape index (κ3) is 7.43. The normalized spacial score (nSPS) is 11.2. The van der Waals surface area contributed by atoms with E-state index in [1.807, 2.05) is 43.3 Å².